The van der Waals surface area contributed by atoms with Crippen molar-refractivity contribution >= 4 is 11.9 Å². The zero-order valence-corrected chi connectivity index (χ0v) is 12.7. The molecule has 1 aromatic carbocycles. The molecule has 21 heavy (non-hydrogen) atoms. The second kappa shape index (κ2) is 6.61. The Morgan fingerprint density at radius 3 is 2.62 bits per heavy atom. The first-order valence-electron chi connectivity index (χ1n) is 7.16. The Morgan fingerprint density at radius 2 is 2.05 bits per heavy atom. The number of hydrogen-bond acceptors (Lipinski definition) is 4. The van der Waals surface area contributed by atoms with Crippen LogP contribution >= 0.6 is 0 Å². The highest BCUT2D eigenvalue weighted by atomic mass is 16.5. The van der Waals surface area contributed by atoms with E-state index in [1.54, 1.807) is 25.9 Å². The van der Waals surface area contributed by atoms with E-state index >= 15 is 0 Å². The molecule has 1 aliphatic heterocycles. The van der Waals surface area contributed by atoms with Crippen LogP contribution in [0.2, 0.25) is 0 Å². The van der Waals surface area contributed by atoms with Gasteiger partial charge in [-0.25, -0.2) is 4.79 Å². The average Bonchev–Trinajstić information content (AvgIpc) is 2.88. The molecular weight excluding hydrogens is 270 g/mol. The Hall–Kier alpha value is -2.04. The van der Waals surface area contributed by atoms with Gasteiger partial charge in [-0.05, 0) is 31.5 Å². The molecular formula is C16H21NO4. The Labute approximate surface area is 124 Å². The van der Waals surface area contributed by atoms with Crippen molar-refractivity contribution in [1.29, 1.82) is 0 Å². The molecule has 0 saturated carbocycles. The van der Waals surface area contributed by atoms with Crippen molar-refractivity contribution in [3.05, 3.63) is 29.8 Å². The number of ether oxygens (including phenoxy) is 2. The summed E-state index contributed by atoms with van der Waals surface area (Å²) in [4.78, 5) is 25.5. The predicted octanol–water partition coefficient (Wildman–Crippen LogP) is 1.96. The van der Waals surface area contributed by atoms with Gasteiger partial charge < -0.3 is 14.4 Å². The van der Waals surface area contributed by atoms with E-state index in [-0.39, 0.29) is 17.8 Å². The lowest BCUT2D eigenvalue weighted by Gasteiger charge is -2.23. The molecule has 0 N–H and O–H groups in total. The van der Waals surface area contributed by atoms with Crippen LogP contribution in [-0.2, 0) is 14.3 Å². The van der Waals surface area contributed by atoms with E-state index in [0.717, 1.165) is 11.3 Å². The normalized spacial score (nSPS) is 19.5. The van der Waals surface area contributed by atoms with Crippen molar-refractivity contribution in [3.63, 3.8) is 0 Å². The van der Waals surface area contributed by atoms with Gasteiger partial charge in [0, 0.05) is 18.9 Å². The fourth-order valence-corrected chi connectivity index (χ4v) is 2.60. The Kier molecular flexibility index (Phi) is 4.83. The predicted molar refractivity (Wildman–Crippen MR) is 78.2 cm³/mol. The zero-order chi connectivity index (χ0) is 15.4. The number of methoxy groups -OCH3 is 1. The molecule has 1 amide bonds. The summed E-state index contributed by atoms with van der Waals surface area (Å²) in [5.41, 5.74) is 1.09. The molecule has 5 nitrogen and oxygen atoms in total. The lowest BCUT2D eigenvalue weighted by atomic mass is 9.98. The van der Waals surface area contributed by atoms with E-state index in [2.05, 4.69) is 0 Å². The molecule has 1 aliphatic rings. The first kappa shape index (κ1) is 15.4. The van der Waals surface area contributed by atoms with Gasteiger partial charge in [-0.3, -0.25) is 4.79 Å². The van der Waals surface area contributed by atoms with Gasteiger partial charge in [-0.15, -0.1) is 0 Å². The molecule has 1 aromatic rings. The summed E-state index contributed by atoms with van der Waals surface area (Å²) in [5.74, 6) is 0.553. The topological polar surface area (TPSA) is 55.8 Å². The van der Waals surface area contributed by atoms with Gasteiger partial charge in [0.1, 0.15) is 11.8 Å². The van der Waals surface area contributed by atoms with Crippen LogP contribution in [0.15, 0.2) is 24.3 Å². The number of benzene rings is 1. The minimum Gasteiger partial charge on any atom is -0.497 e. The van der Waals surface area contributed by atoms with Crippen molar-refractivity contribution in [2.75, 3.05) is 20.3 Å². The lowest BCUT2D eigenvalue weighted by Crippen LogP contribution is -2.41. The van der Waals surface area contributed by atoms with Crippen LogP contribution in [0.5, 0.6) is 5.75 Å². The Morgan fingerprint density at radius 1 is 1.38 bits per heavy atom. The molecule has 1 saturated heterocycles. The van der Waals surface area contributed by atoms with Gasteiger partial charge >= 0.3 is 5.97 Å². The molecule has 0 spiro atoms. The van der Waals surface area contributed by atoms with Crippen LogP contribution in [0.3, 0.4) is 0 Å². The Balaban J connectivity index is 2.06. The monoisotopic (exact) mass is 291 g/mol. The molecule has 0 bridgehead atoms. The van der Waals surface area contributed by atoms with E-state index in [0.29, 0.717) is 19.6 Å². The van der Waals surface area contributed by atoms with Crippen molar-refractivity contribution < 1.29 is 19.1 Å². The van der Waals surface area contributed by atoms with Crippen molar-refractivity contribution in [3.8, 4) is 5.75 Å². The summed E-state index contributed by atoms with van der Waals surface area (Å²) in [6.07, 6.45) is 0.427. The highest BCUT2D eigenvalue weighted by molar-refractivity contribution is 5.86. The van der Waals surface area contributed by atoms with E-state index < -0.39 is 6.04 Å². The third-order valence-electron chi connectivity index (χ3n) is 3.84. The molecule has 2 atom stereocenters. The van der Waals surface area contributed by atoms with Crippen molar-refractivity contribution in [2.45, 2.75) is 32.2 Å². The number of hydrogen-bond donors (Lipinski definition) is 0. The fourth-order valence-electron chi connectivity index (χ4n) is 2.60. The van der Waals surface area contributed by atoms with Gasteiger partial charge in [-0.1, -0.05) is 12.1 Å². The number of carbonyl (C=O) groups excluding carboxylic acids is 2. The molecule has 0 radical (unpaired) electrons. The van der Waals surface area contributed by atoms with Gasteiger partial charge in [0.25, 0.3) is 0 Å². The number of amides is 1. The maximum atomic E-state index is 12.1. The molecule has 1 fully saturated rings. The van der Waals surface area contributed by atoms with Crippen LogP contribution in [0.25, 0.3) is 0 Å². The summed E-state index contributed by atoms with van der Waals surface area (Å²) in [5, 5.41) is 0. The molecule has 0 aliphatic carbocycles. The fraction of sp³-hybridized carbons (Fsp3) is 0.500. The highest BCUT2D eigenvalue weighted by Crippen LogP contribution is 2.30. The maximum Gasteiger partial charge on any atom is 0.328 e. The maximum absolute atomic E-state index is 12.1. The average molecular weight is 291 g/mol. The van der Waals surface area contributed by atoms with Crippen LogP contribution in [0, 0.1) is 0 Å². The quantitative estimate of drug-likeness (QED) is 0.778. The minimum atomic E-state index is -0.527. The number of nitrogens with zero attached hydrogens (tertiary/aromatic N) is 1. The van der Waals surface area contributed by atoms with Crippen molar-refractivity contribution in [1.82, 2.24) is 4.90 Å². The summed E-state index contributed by atoms with van der Waals surface area (Å²) in [6.45, 7) is 4.35. The van der Waals surface area contributed by atoms with E-state index in [1.807, 2.05) is 24.3 Å². The van der Waals surface area contributed by atoms with Gasteiger partial charge in [0.2, 0.25) is 5.91 Å². The number of rotatable bonds is 5. The minimum absolute atomic E-state index is 0.00336. The Bertz CT molecular complexity index is 512. The lowest BCUT2D eigenvalue weighted by molar-refractivity contribution is -0.152. The van der Waals surface area contributed by atoms with Gasteiger partial charge in [-0.2, -0.15) is 0 Å². The number of likely N-dealkylation sites (tertiary alicyclic amines) is 1. The number of esters is 1. The third-order valence-corrected chi connectivity index (χ3v) is 3.84. The second-order valence-electron chi connectivity index (χ2n) is 5.15. The standard InChI is InChI=1S/C16H21NO4/c1-4-21-16(19)11(2)17-10-13(9-15(17)18)12-5-7-14(20-3)8-6-12/h5-8,11,13H,4,9-10H2,1-3H3. The summed E-state index contributed by atoms with van der Waals surface area (Å²) < 4.78 is 10.1. The smallest absolute Gasteiger partial charge is 0.328 e. The SMILES string of the molecule is CCOC(=O)C(C)N1CC(c2ccc(OC)cc2)CC1=O. The first-order chi connectivity index (χ1) is 10.1. The van der Waals surface area contributed by atoms with E-state index in [4.69, 9.17) is 9.47 Å². The highest BCUT2D eigenvalue weighted by Gasteiger charge is 2.36. The summed E-state index contributed by atoms with van der Waals surface area (Å²) in [6, 6.07) is 7.18. The molecule has 114 valence electrons. The molecule has 1 heterocycles. The van der Waals surface area contributed by atoms with E-state index in [1.165, 1.54) is 0 Å². The van der Waals surface area contributed by atoms with Gasteiger partial charge in [0.15, 0.2) is 0 Å². The third kappa shape index (κ3) is 3.35. The van der Waals surface area contributed by atoms with Crippen LogP contribution in [0.4, 0.5) is 0 Å². The van der Waals surface area contributed by atoms with Crippen molar-refractivity contribution in [2.24, 2.45) is 0 Å². The largest absolute Gasteiger partial charge is 0.497 e. The summed E-state index contributed by atoms with van der Waals surface area (Å²) in [7, 11) is 1.62. The molecule has 0 aromatic heterocycles. The van der Waals surface area contributed by atoms with Crippen LogP contribution < -0.4 is 4.74 Å². The molecule has 2 rings (SSSR count). The first-order valence-corrected chi connectivity index (χ1v) is 7.16. The summed E-state index contributed by atoms with van der Waals surface area (Å²) >= 11 is 0. The molecule has 5 heteroatoms. The number of carbonyl (C=O) groups is 2. The van der Waals surface area contributed by atoms with Crippen LogP contribution in [0.1, 0.15) is 31.7 Å². The van der Waals surface area contributed by atoms with Crippen LogP contribution in [-0.4, -0.2) is 43.1 Å². The van der Waals surface area contributed by atoms with E-state index in [9.17, 15) is 9.59 Å². The second-order valence-corrected chi connectivity index (χ2v) is 5.15. The van der Waals surface area contributed by atoms with Gasteiger partial charge in [0.05, 0.1) is 13.7 Å². The zero-order valence-electron chi connectivity index (χ0n) is 12.7. The molecule has 2 unspecified atom stereocenters.